The molecule has 0 unspecified atom stereocenters. The number of carbonyl (C=O) groups excluding carboxylic acids is 1. The summed E-state index contributed by atoms with van der Waals surface area (Å²) in [5, 5.41) is 1.83. The van der Waals surface area contributed by atoms with E-state index < -0.39 is 0 Å². The zero-order chi connectivity index (χ0) is 24.5. The van der Waals surface area contributed by atoms with Gasteiger partial charge in [-0.15, -0.1) is 0 Å². The number of carbonyl (C=O) groups is 1. The molecule has 4 aromatic rings. The fourth-order valence-corrected chi connectivity index (χ4v) is 4.97. The monoisotopic (exact) mass is 508 g/mol. The maximum absolute atomic E-state index is 13.7. The molecule has 5 rings (SSSR count). The molecule has 0 saturated heterocycles. The summed E-state index contributed by atoms with van der Waals surface area (Å²) in [6.07, 6.45) is 1.68. The number of nitrogens with zero attached hydrogens (tertiary/aromatic N) is 2. The van der Waals surface area contributed by atoms with Gasteiger partial charge < -0.3 is 19.1 Å². The van der Waals surface area contributed by atoms with Gasteiger partial charge in [-0.05, 0) is 53.6 Å². The Morgan fingerprint density at radius 2 is 1.69 bits per heavy atom. The Kier molecular flexibility index (Phi) is 6.41. The van der Waals surface area contributed by atoms with E-state index in [9.17, 15) is 4.79 Å². The molecular formula is C27H22Cl2N2O4. The van der Waals surface area contributed by atoms with Crippen molar-refractivity contribution in [3.05, 3.63) is 93.1 Å². The van der Waals surface area contributed by atoms with E-state index in [4.69, 9.17) is 37.4 Å². The molecule has 0 atom stereocenters. The molecule has 0 aliphatic carbocycles. The fourth-order valence-electron chi connectivity index (χ4n) is 4.40. The molecule has 1 aromatic heterocycles. The molecule has 0 fully saturated rings. The van der Waals surface area contributed by atoms with E-state index >= 15 is 0 Å². The third kappa shape index (κ3) is 4.47. The molecule has 0 bridgehead atoms. The highest BCUT2D eigenvalue weighted by Crippen LogP contribution is 2.44. The molecule has 2 heterocycles. The minimum Gasteiger partial charge on any atom is -0.497 e. The van der Waals surface area contributed by atoms with E-state index in [1.165, 1.54) is 0 Å². The van der Waals surface area contributed by atoms with Crippen LogP contribution in [0.2, 0.25) is 10.0 Å². The van der Waals surface area contributed by atoms with Crippen LogP contribution in [-0.4, -0.2) is 30.0 Å². The van der Waals surface area contributed by atoms with Crippen molar-refractivity contribution < 1.29 is 19.0 Å². The molecule has 8 heteroatoms. The van der Waals surface area contributed by atoms with Crippen LogP contribution in [0.5, 0.6) is 17.2 Å². The van der Waals surface area contributed by atoms with Crippen LogP contribution in [0.3, 0.4) is 0 Å². The lowest BCUT2D eigenvalue weighted by Crippen LogP contribution is -2.23. The molecule has 1 aliphatic rings. The first kappa shape index (κ1) is 23.3. The highest BCUT2D eigenvalue weighted by molar-refractivity contribution is 6.34. The average molecular weight is 509 g/mol. The topological polar surface area (TPSA) is 60.9 Å². The summed E-state index contributed by atoms with van der Waals surface area (Å²) < 4.78 is 17.3. The lowest BCUT2D eigenvalue weighted by Gasteiger charge is -2.16. The maximum Gasteiger partial charge on any atom is 0.258 e. The summed E-state index contributed by atoms with van der Waals surface area (Å²) in [6.45, 7) is 0.982. The highest BCUT2D eigenvalue weighted by Gasteiger charge is 2.36. The van der Waals surface area contributed by atoms with Crippen molar-refractivity contribution in [2.45, 2.75) is 19.7 Å². The number of hydrogen-bond acceptors (Lipinski definition) is 5. The Hall–Kier alpha value is -3.48. The van der Waals surface area contributed by atoms with Gasteiger partial charge in [-0.25, -0.2) is 0 Å². The van der Waals surface area contributed by atoms with Gasteiger partial charge in [-0.1, -0.05) is 35.3 Å². The second-order valence-corrected chi connectivity index (χ2v) is 9.06. The minimum atomic E-state index is -0.160. The number of hydrogen-bond donors (Lipinski definition) is 0. The predicted molar refractivity (Wildman–Crippen MR) is 136 cm³/mol. The lowest BCUT2D eigenvalue weighted by molar-refractivity contribution is 0.0763. The second kappa shape index (κ2) is 9.64. The molecule has 1 amide bonds. The summed E-state index contributed by atoms with van der Waals surface area (Å²) in [6, 6.07) is 16.6. The molecular weight excluding hydrogens is 487 g/mol. The van der Waals surface area contributed by atoms with E-state index in [0.717, 1.165) is 27.8 Å². The molecule has 0 saturated carbocycles. The van der Waals surface area contributed by atoms with Gasteiger partial charge >= 0.3 is 0 Å². The van der Waals surface area contributed by atoms with Crippen LogP contribution in [0.15, 0.2) is 60.8 Å². The van der Waals surface area contributed by atoms with Gasteiger partial charge in [0.25, 0.3) is 5.91 Å². The first-order valence-corrected chi connectivity index (χ1v) is 11.7. The lowest BCUT2D eigenvalue weighted by atomic mass is 10.0. The first-order chi connectivity index (χ1) is 17.0. The quantitative estimate of drug-likeness (QED) is 0.293. The van der Waals surface area contributed by atoms with Crippen LogP contribution in [0.4, 0.5) is 0 Å². The fraction of sp³-hybridized carbons (Fsp3) is 0.185. The Morgan fingerprint density at radius 3 is 2.37 bits per heavy atom. The molecule has 3 aromatic carbocycles. The van der Waals surface area contributed by atoms with Crippen LogP contribution < -0.4 is 14.2 Å². The van der Waals surface area contributed by atoms with Crippen molar-refractivity contribution in [2.75, 3.05) is 14.2 Å². The largest absolute Gasteiger partial charge is 0.497 e. The average Bonchev–Trinajstić information content (AvgIpc) is 3.17. The summed E-state index contributed by atoms with van der Waals surface area (Å²) in [4.78, 5) is 20.0. The predicted octanol–water partition coefficient (Wildman–Crippen LogP) is 6.29. The number of halogens is 2. The standard InChI is InChI=1S/C27H22Cl2N2O4/c1-33-20-7-5-16(6-8-20)15-35-26-23-22(25(34-2)21-4-3-9-30-24(21)26)14-31(27(23)32)13-17-10-18(28)12-19(29)11-17/h3-12H,13-15H2,1-2H3. The van der Waals surface area contributed by atoms with Gasteiger partial charge in [-0.3, -0.25) is 9.78 Å². The zero-order valence-electron chi connectivity index (χ0n) is 19.2. The molecule has 178 valence electrons. The smallest absolute Gasteiger partial charge is 0.258 e. The Balaban J connectivity index is 1.55. The van der Waals surface area contributed by atoms with Crippen LogP contribution in [0, 0.1) is 0 Å². The van der Waals surface area contributed by atoms with Crippen molar-refractivity contribution in [2.24, 2.45) is 0 Å². The van der Waals surface area contributed by atoms with Crippen LogP contribution >= 0.6 is 23.2 Å². The molecule has 0 spiro atoms. The van der Waals surface area contributed by atoms with Crippen molar-refractivity contribution in [3.63, 3.8) is 0 Å². The number of rotatable bonds is 7. The van der Waals surface area contributed by atoms with Crippen LogP contribution in [0.25, 0.3) is 10.9 Å². The molecule has 0 radical (unpaired) electrons. The summed E-state index contributed by atoms with van der Waals surface area (Å²) >= 11 is 12.4. The van der Waals surface area contributed by atoms with Crippen molar-refractivity contribution in [1.82, 2.24) is 9.88 Å². The Bertz CT molecular complexity index is 1400. The van der Waals surface area contributed by atoms with Crippen molar-refractivity contribution in [3.8, 4) is 17.2 Å². The van der Waals surface area contributed by atoms with Gasteiger partial charge in [0.2, 0.25) is 0 Å². The molecule has 1 aliphatic heterocycles. The van der Waals surface area contributed by atoms with Gasteiger partial charge in [0, 0.05) is 33.7 Å². The van der Waals surface area contributed by atoms with Gasteiger partial charge in [0.15, 0.2) is 5.75 Å². The third-order valence-electron chi connectivity index (χ3n) is 5.96. The van der Waals surface area contributed by atoms with Crippen molar-refractivity contribution in [1.29, 1.82) is 0 Å². The van der Waals surface area contributed by atoms with E-state index in [-0.39, 0.29) is 12.5 Å². The van der Waals surface area contributed by atoms with Crippen LogP contribution in [0.1, 0.15) is 27.0 Å². The molecule has 0 N–H and O–H groups in total. The van der Waals surface area contributed by atoms with E-state index in [0.29, 0.717) is 45.7 Å². The highest BCUT2D eigenvalue weighted by atomic mass is 35.5. The third-order valence-corrected chi connectivity index (χ3v) is 6.40. The number of methoxy groups -OCH3 is 2. The van der Waals surface area contributed by atoms with Crippen LogP contribution in [-0.2, 0) is 19.7 Å². The first-order valence-electron chi connectivity index (χ1n) is 11.0. The van der Waals surface area contributed by atoms with Crippen molar-refractivity contribution >= 4 is 40.0 Å². The SMILES string of the molecule is COc1ccc(COc2c3c(c(OC)c4cccnc24)CN(Cc2cc(Cl)cc(Cl)c2)C3=O)cc1. The Labute approximate surface area is 212 Å². The number of amides is 1. The number of aromatic nitrogens is 1. The van der Waals surface area contributed by atoms with E-state index in [2.05, 4.69) is 4.98 Å². The maximum atomic E-state index is 13.7. The number of fused-ring (bicyclic) bond motifs is 2. The molecule has 35 heavy (non-hydrogen) atoms. The summed E-state index contributed by atoms with van der Waals surface area (Å²) in [5.74, 6) is 1.67. The van der Waals surface area contributed by atoms with Gasteiger partial charge in [0.1, 0.15) is 23.6 Å². The molecule has 6 nitrogen and oxygen atoms in total. The summed E-state index contributed by atoms with van der Waals surface area (Å²) in [5.41, 5.74) is 3.60. The second-order valence-electron chi connectivity index (χ2n) is 8.19. The zero-order valence-corrected chi connectivity index (χ0v) is 20.7. The number of pyridine rings is 1. The minimum absolute atomic E-state index is 0.160. The van der Waals surface area contributed by atoms with E-state index in [1.807, 2.05) is 36.4 Å². The van der Waals surface area contributed by atoms with E-state index in [1.54, 1.807) is 43.5 Å². The van der Waals surface area contributed by atoms with Gasteiger partial charge in [0.05, 0.1) is 26.3 Å². The number of benzene rings is 3. The normalized spacial score (nSPS) is 12.7. The number of ether oxygens (including phenoxy) is 3. The Morgan fingerprint density at radius 1 is 0.943 bits per heavy atom. The summed E-state index contributed by atoms with van der Waals surface area (Å²) in [7, 11) is 3.22. The van der Waals surface area contributed by atoms with Gasteiger partial charge in [-0.2, -0.15) is 0 Å².